The van der Waals surface area contributed by atoms with Crippen LogP contribution >= 0.6 is 0 Å². The highest BCUT2D eigenvalue weighted by Crippen LogP contribution is 2.29. The molecule has 0 spiro atoms. The van der Waals surface area contributed by atoms with Crippen molar-refractivity contribution in [2.45, 2.75) is 32.8 Å². The van der Waals surface area contributed by atoms with Crippen molar-refractivity contribution < 1.29 is 13.9 Å². The maximum Gasteiger partial charge on any atom is 0.193 e. The van der Waals surface area contributed by atoms with Gasteiger partial charge in [-0.2, -0.15) is 0 Å². The molecule has 5 nitrogen and oxygen atoms in total. The normalized spacial score (nSPS) is 14.2. The van der Waals surface area contributed by atoms with E-state index in [1.165, 1.54) is 12.1 Å². The van der Waals surface area contributed by atoms with Crippen molar-refractivity contribution in [1.29, 1.82) is 0 Å². The van der Waals surface area contributed by atoms with Crippen LogP contribution in [0.1, 0.15) is 30.9 Å². The Balaban J connectivity index is 1.94. The van der Waals surface area contributed by atoms with Crippen molar-refractivity contribution in [2.75, 3.05) is 34.0 Å². The second kappa shape index (κ2) is 8.72. The molecule has 0 aliphatic carbocycles. The number of unbranched alkanes of at least 4 members (excludes halogenated alkanes) is 1. The number of ether oxygens (including phenoxy) is 2. The molecule has 0 unspecified atom stereocenters. The molecule has 1 heterocycles. The van der Waals surface area contributed by atoms with Gasteiger partial charge in [-0.05, 0) is 30.5 Å². The third-order valence-electron chi connectivity index (χ3n) is 3.85. The Labute approximate surface area is 137 Å². The van der Waals surface area contributed by atoms with E-state index in [1.807, 2.05) is 7.05 Å². The van der Waals surface area contributed by atoms with Crippen LogP contribution in [0.5, 0.6) is 5.75 Å². The van der Waals surface area contributed by atoms with Crippen molar-refractivity contribution >= 4 is 5.96 Å². The summed E-state index contributed by atoms with van der Waals surface area (Å²) in [6, 6.07) is 3.01. The summed E-state index contributed by atoms with van der Waals surface area (Å²) in [5.41, 5.74) is 1.64. The summed E-state index contributed by atoms with van der Waals surface area (Å²) in [7, 11) is 3.80. The number of rotatable bonds is 6. The van der Waals surface area contributed by atoms with Gasteiger partial charge in [0.05, 0.1) is 6.61 Å². The molecule has 0 amide bonds. The van der Waals surface area contributed by atoms with Gasteiger partial charge in [0.2, 0.25) is 0 Å². The first-order valence-corrected chi connectivity index (χ1v) is 8.09. The van der Waals surface area contributed by atoms with Crippen molar-refractivity contribution in [3.05, 3.63) is 29.1 Å². The molecule has 0 saturated carbocycles. The van der Waals surface area contributed by atoms with E-state index < -0.39 is 0 Å². The van der Waals surface area contributed by atoms with Crippen LogP contribution in [0.4, 0.5) is 4.39 Å². The van der Waals surface area contributed by atoms with Gasteiger partial charge in [-0.15, -0.1) is 0 Å². The van der Waals surface area contributed by atoms with Gasteiger partial charge in [0.1, 0.15) is 11.6 Å². The summed E-state index contributed by atoms with van der Waals surface area (Å²) >= 11 is 0. The van der Waals surface area contributed by atoms with Gasteiger partial charge in [0.25, 0.3) is 0 Å². The standard InChI is InChI=1S/C17H26FN3O2/c1-4-5-8-21(3)17(19-2)20-7-6-13-9-15(18)10-14-11-22-12-23-16(13)14/h9-10H,4-8,11-12H2,1-3H3,(H,19,20). The van der Waals surface area contributed by atoms with Gasteiger partial charge < -0.3 is 19.7 Å². The van der Waals surface area contributed by atoms with Crippen LogP contribution in [0.3, 0.4) is 0 Å². The average molecular weight is 323 g/mol. The highest BCUT2D eigenvalue weighted by molar-refractivity contribution is 5.79. The number of hydrogen-bond donors (Lipinski definition) is 1. The van der Waals surface area contributed by atoms with E-state index in [1.54, 1.807) is 7.05 Å². The Morgan fingerprint density at radius 2 is 2.26 bits per heavy atom. The number of nitrogens with one attached hydrogen (secondary N) is 1. The maximum atomic E-state index is 13.7. The van der Waals surface area contributed by atoms with Gasteiger partial charge in [0, 0.05) is 32.7 Å². The van der Waals surface area contributed by atoms with Crippen LogP contribution < -0.4 is 10.1 Å². The zero-order valence-electron chi connectivity index (χ0n) is 14.2. The second-order valence-electron chi connectivity index (χ2n) is 5.66. The molecule has 1 N–H and O–H groups in total. The second-order valence-corrected chi connectivity index (χ2v) is 5.66. The van der Waals surface area contributed by atoms with Crippen molar-refractivity contribution in [1.82, 2.24) is 10.2 Å². The zero-order valence-corrected chi connectivity index (χ0v) is 14.2. The fraction of sp³-hybridized carbons (Fsp3) is 0.588. The number of guanidine groups is 1. The predicted octanol–water partition coefficient (Wildman–Crippen LogP) is 2.54. The summed E-state index contributed by atoms with van der Waals surface area (Å²) in [4.78, 5) is 6.39. The summed E-state index contributed by atoms with van der Waals surface area (Å²) in [5, 5.41) is 3.32. The zero-order chi connectivity index (χ0) is 16.7. The largest absolute Gasteiger partial charge is 0.467 e. The monoisotopic (exact) mass is 323 g/mol. The first kappa shape index (κ1) is 17.5. The summed E-state index contributed by atoms with van der Waals surface area (Å²) in [6.07, 6.45) is 2.94. The Morgan fingerprint density at radius 1 is 1.43 bits per heavy atom. The van der Waals surface area contributed by atoms with Crippen LogP contribution in [0.25, 0.3) is 0 Å². The van der Waals surface area contributed by atoms with Gasteiger partial charge >= 0.3 is 0 Å². The van der Waals surface area contributed by atoms with Crippen LogP contribution in [0, 0.1) is 5.82 Å². The molecule has 0 bridgehead atoms. The topological polar surface area (TPSA) is 46.1 Å². The molecule has 1 aromatic carbocycles. The van der Waals surface area contributed by atoms with E-state index in [-0.39, 0.29) is 12.6 Å². The lowest BCUT2D eigenvalue weighted by Crippen LogP contribution is -2.40. The number of hydrogen-bond acceptors (Lipinski definition) is 3. The number of halogens is 1. The fourth-order valence-corrected chi connectivity index (χ4v) is 2.64. The van der Waals surface area contributed by atoms with Crippen LogP contribution in [0.15, 0.2) is 17.1 Å². The first-order chi connectivity index (χ1) is 11.2. The maximum absolute atomic E-state index is 13.7. The average Bonchev–Trinajstić information content (AvgIpc) is 2.56. The minimum atomic E-state index is -0.253. The summed E-state index contributed by atoms with van der Waals surface area (Å²) in [5.74, 6) is 1.36. The molecule has 1 aliphatic rings. The molecule has 1 aromatic rings. The van der Waals surface area contributed by atoms with Crippen molar-refractivity contribution in [2.24, 2.45) is 4.99 Å². The third-order valence-corrected chi connectivity index (χ3v) is 3.85. The molecular weight excluding hydrogens is 297 g/mol. The molecule has 2 rings (SSSR count). The smallest absolute Gasteiger partial charge is 0.193 e. The number of fused-ring (bicyclic) bond motifs is 1. The van der Waals surface area contributed by atoms with E-state index in [0.717, 1.165) is 42.2 Å². The third kappa shape index (κ3) is 4.82. The first-order valence-electron chi connectivity index (χ1n) is 8.09. The number of benzene rings is 1. The molecule has 0 aromatic heterocycles. The number of nitrogens with zero attached hydrogens (tertiary/aromatic N) is 2. The lowest BCUT2D eigenvalue weighted by molar-refractivity contribution is -0.0172. The molecular formula is C17H26FN3O2. The van der Waals surface area contributed by atoms with Gasteiger partial charge in [0.15, 0.2) is 12.8 Å². The van der Waals surface area contributed by atoms with Crippen molar-refractivity contribution in [3.8, 4) is 5.75 Å². The molecule has 23 heavy (non-hydrogen) atoms. The fourth-order valence-electron chi connectivity index (χ4n) is 2.64. The van der Waals surface area contributed by atoms with E-state index in [2.05, 4.69) is 22.1 Å². The minimum absolute atomic E-state index is 0.223. The molecule has 0 atom stereocenters. The lowest BCUT2D eigenvalue weighted by atomic mass is 10.1. The van der Waals surface area contributed by atoms with Crippen LogP contribution in [-0.2, 0) is 17.8 Å². The molecule has 0 fully saturated rings. The predicted molar refractivity (Wildman–Crippen MR) is 89.3 cm³/mol. The number of aliphatic imine (C=N–C) groups is 1. The molecule has 0 saturated heterocycles. The summed E-state index contributed by atoms with van der Waals surface area (Å²) < 4.78 is 24.5. The highest BCUT2D eigenvalue weighted by atomic mass is 19.1. The van der Waals surface area contributed by atoms with Gasteiger partial charge in [-0.25, -0.2) is 4.39 Å². The summed E-state index contributed by atoms with van der Waals surface area (Å²) in [6.45, 7) is 4.42. The van der Waals surface area contributed by atoms with Crippen LogP contribution in [-0.4, -0.2) is 44.8 Å². The highest BCUT2D eigenvalue weighted by Gasteiger charge is 2.17. The minimum Gasteiger partial charge on any atom is -0.467 e. The Hall–Kier alpha value is -1.82. The Kier molecular flexibility index (Phi) is 6.65. The molecule has 1 aliphatic heterocycles. The molecule has 6 heteroatoms. The van der Waals surface area contributed by atoms with Crippen molar-refractivity contribution in [3.63, 3.8) is 0 Å². The molecule has 128 valence electrons. The van der Waals surface area contributed by atoms with E-state index in [4.69, 9.17) is 9.47 Å². The Bertz CT molecular complexity index is 549. The van der Waals surface area contributed by atoms with E-state index in [0.29, 0.717) is 19.6 Å². The quantitative estimate of drug-likeness (QED) is 0.645. The van der Waals surface area contributed by atoms with Gasteiger partial charge in [-0.1, -0.05) is 13.3 Å². The van der Waals surface area contributed by atoms with Crippen LogP contribution in [0.2, 0.25) is 0 Å². The van der Waals surface area contributed by atoms with E-state index in [9.17, 15) is 4.39 Å². The van der Waals surface area contributed by atoms with E-state index >= 15 is 0 Å². The lowest BCUT2D eigenvalue weighted by Gasteiger charge is -2.23. The molecule has 0 radical (unpaired) electrons. The van der Waals surface area contributed by atoms with Gasteiger partial charge in [-0.3, -0.25) is 4.99 Å². The SMILES string of the molecule is CCCCN(C)C(=NC)NCCc1cc(F)cc2c1OCOC2. The Morgan fingerprint density at radius 3 is 3.00 bits per heavy atom.